The number of likely N-dealkylation sites (tertiary alicyclic amines) is 1. The van der Waals surface area contributed by atoms with Gasteiger partial charge in [-0.25, -0.2) is 0 Å². The lowest BCUT2D eigenvalue weighted by Gasteiger charge is -2.16. The van der Waals surface area contributed by atoms with E-state index in [9.17, 15) is 27.6 Å². The van der Waals surface area contributed by atoms with Crippen molar-refractivity contribution in [3.05, 3.63) is 83.8 Å². The first-order valence-corrected chi connectivity index (χ1v) is 10.4. The minimum atomic E-state index is -4.55. The Kier molecular flexibility index (Phi) is 6.40. The second-order valence-corrected chi connectivity index (χ2v) is 7.82. The lowest BCUT2D eigenvalue weighted by molar-refractivity contribution is -0.137. The fourth-order valence-corrected chi connectivity index (χ4v) is 3.69. The molecule has 10 heteroatoms. The van der Waals surface area contributed by atoms with Crippen LogP contribution in [0.5, 0.6) is 0 Å². The molecule has 1 aliphatic heterocycles. The number of para-hydroxylation sites is 1. The number of carbonyl (C=O) groups is 3. The highest BCUT2D eigenvalue weighted by atomic mass is 19.4. The summed E-state index contributed by atoms with van der Waals surface area (Å²) in [5.41, 5.74) is -0.660. The van der Waals surface area contributed by atoms with Crippen molar-refractivity contribution in [3.63, 3.8) is 0 Å². The SMILES string of the molecule is O=C(Nc1cccc(C(F)(F)F)c1)c1ccccc1NC(=O)C1CC(=O)N(Cc2ccco2)C1. The highest BCUT2D eigenvalue weighted by molar-refractivity contribution is 6.10. The van der Waals surface area contributed by atoms with Crippen LogP contribution in [-0.2, 0) is 22.3 Å². The second-order valence-electron chi connectivity index (χ2n) is 7.82. The summed E-state index contributed by atoms with van der Waals surface area (Å²) in [6.45, 7) is 0.454. The number of benzene rings is 2. The maximum Gasteiger partial charge on any atom is 0.416 e. The third-order valence-corrected chi connectivity index (χ3v) is 5.39. The van der Waals surface area contributed by atoms with Gasteiger partial charge in [0.2, 0.25) is 11.8 Å². The molecule has 7 nitrogen and oxygen atoms in total. The zero-order chi connectivity index (χ0) is 24.3. The number of anilines is 2. The molecule has 0 aliphatic carbocycles. The number of rotatable bonds is 6. The normalized spacial score (nSPS) is 15.9. The van der Waals surface area contributed by atoms with Crippen molar-refractivity contribution in [1.29, 1.82) is 0 Å². The summed E-state index contributed by atoms with van der Waals surface area (Å²) in [5, 5.41) is 5.10. The summed E-state index contributed by atoms with van der Waals surface area (Å²) in [5.74, 6) is -1.33. The first-order chi connectivity index (χ1) is 16.2. The van der Waals surface area contributed by atoms with Gasteiger partial charge in [0, 0.05) is 18.7 Å². The van der Waals surface area contributed by atoms with Crippen molar-refractivity contribution < 1.29 is 32.0 Å². The molecule has 0 radical (unpaired) electrons. The molecule has 2 N–H and O–H groups in total. The quantitative estimate of drug-likeness (QED) is 0.552. The van der Waals surface area contributed by atoms with E-state index in [-0.39, 0.29) is 42.4 Å². The Morgan fingerprint density at radius 1 is 1.03 bits per heavy atom. The van der Waals surface area contributed by atoms with Crippen molar-refractivity contribution in [2.24, 2.45) is 5.92 Å². The van der Waals surface area contributed by atoms with Crippen LogP contribution in [0, 0.1) is 5.92 Å². The summed E-state index contributed by atoms with van der Waals surface area (Å²) in [4.78, 5) is 39.4. The van der Waals surface area contributed by atoms with Gasteiger partial charge in [-0.05, 0) is 42.5 Å². The van der Waals surface area contributed by atoms with Crippen LogP contribution in [0.1, 0.15) is 28.1 Å². The molecule has 1 fully saturated rings. The Morgan fingerprint density at radius 2 is 1.82 bits per heavy atom. The van der Waals surface area contributed by atoms with Crippen molar-refractivity contribution in [2.45, 2.75) is 19.1 Å². The van der Waals surface area contributed by atoms with Crippen LogP contribution in [0.25, 0.3) is 0 Å². The number of hydrogen-bond donors (Lipinski definition) is 2. The Morgan fingerprint density at radius 3 is 2.56 bits per heavy atom. The van der Waals surface area contributed by atoms with Crippen molar-refractivity contribution in [1.82, 2.24) is 4.90 Å². The Hall–Kier alpha value is -4.08. The number of hydrogen-bond acceptors (Lipinski definition) is 4. The lowest BCUT2D eigenvalue weighted by atomic mass is 10.1. The summed E-state index contributed by atoms with van der Waals surface area (Å²) >= 11 is 0. The van der Waals surface area contributed by atoms with Gasteiger partial charge in [0.1, 0.15) is 5.76 Å². The standard InChI is InChI=1S/C24H20F3N3O4/c25-24(26,27)16-5-3-6-17(12-16)28-23(33)19-8-1-2-9-20(19)29-22(32)15-11-21(31)30(13-15)14-18-7-4-10-34-18/h1-10,12,15H,11,13-14H2,(H,28,33)(H,29,32). The molecule has 3 aromatic rings. The third-order valence-electron chi connectivity index (χ3n) is 5.39. The zero-order valence-electron chi connectivity index (χ0n) is 17.8. The maximum atomic E-state index is 13.0. The molecule has 0 bridgehead atoms. The van der Waals surface area contributed by atoms with Gasteiger partial charge in [-0.1, -0.05) is 18.2 Å². The second kappa shape index (κ2) is 9.42. The van der Waals surface area contributed by atoms with Crippen molar-refractivity contribution in [3.8, 4) is 0 Å². The van der Waals surface area contributed by atoms with E-state index in [0.717, 1.165) is 12.1 Å². The molecule has 2 heterocycles. The minimum Gasteiger partial charge on any atom is -0.467 e. The van der Waals surface area contributed by atoms with E-state index in [0.29, 0.717) is 5.76 Å². The van der Waals surface area contributed by atoms with Gasteiger partial charge in [0.25, 0.3) is 5.91 Å². The monoisotopic (exact) mass is 471 g/mol. The van der Waals surface area contributed by atoms with Gasteiger partial charge < -0.3 is 20.0 Å². The van der Waals surface area contributed by atoms with E-state index in [1.807, 2.05) is 0 Å². The van der Waals surface area contributed by atoms with Crippen LogP contribution in [0.3, 0.4) is 0 Å². The Labute approximate surface area is 192 Å². The van der Waals surface area contributed by atoms with Crippen LogP contribution >= 0.6 is 0 Å². The summed E-state index contributed by atoms with van der Waals surface area (Å²) in [7, 11) is 0. The van der Waals surface area contributed by atoms with E-state index < -0.39 is 29.5 Å². The van der Waals surface area contributed by atoms with Gasteiger partial charge >= 0.3 is 6.18 Å². The number of nitrogens with zero attached hydrogens (tertiary/aromatic N) is 1. The number of nitrogens with one attached hydrogen (secondary N) is 2. The van der Waals surface area contributed by atoms with Crippen molar-refractivity contribution in [2.75, 3.05) is 17.2 Å². The Balaban J connectivity index is 1.44. The molecule has 1 atom stereocenters. The average Bonchev–Trinajstić information content (AvgIpc) is 3.44. The van der Waals surface area contributed by atoms with Crippen LogP contribution in [0.4, 0.5) is 24.5 Å². The highest BCUT2D eigenvalue weighted by Gasteiger charge is 2.35. The fourth-order valence-electron chi connectivity index (χ4n) is 3.69. The number of furan rings is 1. The molecule has 1 unspecified atom stereocenters. The third kappa shape index (κ3) is 5.28. The zero-order valence-corrected chi connectivity index (χ0v) is 17.8. The first-order valence-electron chi connectivity index (χ1n) is 10.4. The van der Waals surface area contributed by atoms with Gasteiger partial charge in [-0.3, -0.25) is 14.4 Å². The van der Waals surface area contributed by atoms with Gasteiger partial charge in [-0.15, -0.1) is 0 Å². The molecule has 1 aliphatic rings. The molecule has 2 aromatic carbocycles. The molecular weight excluding hydrogens is 451 g/mol. The lowest BCUT2D eigenvalue weighted by Crippen LogP contribution is -2.28. The molecule has 0 saturated carbocycles. The van der Waals surface area contributed by atoms with Crippen LogP contribution < -0.4 is 10.6 Å². The van der Waals surface area contributed by atoms with E-state index in [4.69, 9.17) is 4.42 Å². The average molecular weight is 471 g/mol. The van der Waals surface area contributed by atoms with Crippen LogP contribution in [0.2, 0.25) is 0 Å². The van der Waals surface area contributed by atoms with E-state index in [2.05, 4.69) is 10.6 Å². The van der Waals surface area contributed by atoms with Gasteiger partial charge in [0.05, 0.1) is 35.5 Å². The number of amides is 3. The molecule has 0 spiro atoms. The van der Waals surface area contributed by atoms with Gasteiger partial charge in [0.15, 0.2) is 0 Å². The number of halogens is 3. The molecule has 4 rings (SSSR count). The fraction of sp³-hybridized carbons (Fsp3) is 0.208. The topological polar surface area (TPSA) is 91.7 Å². The summed E-state index contributed by atoms with van der Waals surface area (Å²) in [6, 6.07) is 13.8. The molecule has 1 aromatic heterocycles. The van der Waals surface area contributed by atoms with Crippen molar-refractivity contribution >= 4 is 29.1 Å². The van der Waals surface area contributed by atoms with E-state index >= 15 is 0 Å². The van der Waals surface area contributed by atoms with E-state index in [1.165, 1.54) is 35.4 Å². The van der Waals surface area contributed by atoms with E-state index in [1.54, 1.807) is 24.3 Å². The smallest absolute Gasteiger partial charge is 0.416 e. The summed E-state index contributed by atoms with van der Waals surface area (Å²) < 4.78 is 44.1. The summed E-state index contributed by atoms with van der Waals surface area (Å²) in [6.07, 6.45) is -3.03. The molecular formula is C24H20F3N3O4. The molecule has 176 valence electrons. The molecule has 3 amide bonds. The first kappa shape index (κ1) is 23.1. The van der Waals surface area contributed by atoms with Crippen LogP contribution in [0.15, 0.2) is 71.3 Å². The minimum absolute atomic E-state index is 0.0190. The molecule has 34 heavy (non-hydrogen) atoms. The predicted molar refractivity (Wildman–Crippen MR) is 117 cm³/mol. The largest absolute Gasteiger partial charge is 0.467 e. The highest BCUT2D eigenvalue weighted by Crippen LogP contribution is 2.31. The number of alkyl halides is 3. The van der Waals surface area contributed by atoms with Gasteiger partial charge in [-0.2, -0.15) is 13.2 Å². The maximum absolute atomic E-state index is 13.0. The Bertz CT molecular complexity index is 1210. The van der Waals surface area contributed by atoms with Crippen LogP contribution in [-0.4, -0.2) is 29.2 Å². The molecule has 1 saturated heterocycles. The number of carbonyl (C=O) groups excluding carboxylic acids is 3. The predicted octanol–water partition coefficient (Wildman–Crippen LogP) is 4.54.